The van der Waals surface area contributed by atoms with Crippen molar-refractivity contribution in [3.63, 3.8) is 0 Å². The van der Waals surface area contributed by atoms with Gasteiger partial charge in [-0.15, -0.1) is 10.2 Å². The van der Waals surface area contributed by atoms with Crippen molar-refractivity contribution >= 4 is 9.84 Å². The molecule has 0 N–H and O–H groups in total. The number of nitrogens with zero attached hydrogens (tertiary/aromatic N) is 3. The van der Waals surface area contributed by atoms with Gasteiger partial charge in [0, 0.05) is 12.8 Å². The summed E-state index contributed by atoms with van der Waals surface area (Å²) in [4.78, 5) is 0. The summed E-state index contributed by atoms with van der Waals surface area (Å²) in [7, 11) is -2.91. The third kappa shape index (κ3) is 2.80. The lowest BCUT2D eigenvalue weighted by Gasteiger charge is -2.04. The van der Waals surface area contributed by atoms with Crippen LogP contribution in [0.4, 0.5) is 0 Å². The second-order valence-corrected chi connectivity index (χ2v) is 5.34. The molecular formula is C7H13N3O2S. The van der Waals surface area contributed by atoms with Crippen molar-refractivity contribution in [1.82, 2.24) is 14.8 Å². The molecule has 0 spiro atoms. The molecule has 0 aliphatic rings. The summed E-state index contributed by atoms with van der Waals surface area (Å²) in [6, 6.07) is 0. The Kier molecular flexibility index (Phi) is 2.70. The van der Waals surface area contributed by atoms with Gasteiger partial charge >= 0.3 is 0 Å². The Morgan fingerprint density at radius 3 is 2.08 bits per heavy atom. The summed E-state index contributed by atoms with van der Waals surface area (Å²) in [5.41, 5.74) is 0. The van der Waals surface area contributed by atoms with Crippen molar-refractivity contribution in [3.8, 4) is 0 Å². The second kappa shape index (κ2) is 3.45. The number of hydrogen-bond donors (Lipinski definition) is 0. The van der Waals surface area contributed by atoms with E-state index in [4.69, 9.17) is 0 Å². The summed E-state index contributed by atoms with van der Waals surface area (Å²) in [6.07, 6.45) is 1.22. The van der Waals surface area contributed by atoms with E-state index in [0.29, 0.717) is 6.54 Å². The van der Waals surface area contributed by atoms with E-state index in [0.717, 1.165) is 11.6 Å². The van der Waals surface area contributed by atoms with Gasteiger partial charge in [0.15, 0.2) is 0 Å². The van der Waals surface area contributed by atoms with E-state index in [1.165, 1.54) is 6.26 Å². The summed E-state index contributed by atoms with van der Waals surface area (Å²) < 4.78 is 23.6. The monoisotopic (exact) mass is 203 g/mol. The van der Waals surface area contributed by atoms with Gasteiger partial charge in [0.1, 0.15) is 21.5 Å². The van der Waals surface area contributed by atoms with Crippen LogP contribution < -0.4 is 0 Å². The van der Waals surface area contributed by atoms with Crippen LogP contribution in [0, 0.1) is 13.8 Å². The molecule has 0 saturated heterocycles. The molecule has 1 rings (SSSR count). The van der Waals surface area contributed by atoms with E-state index in [1.54, 1.807) is 4.57 Å². The fourth-order valence-electron chi connectivity index (χ4n) is 1.07. The van der Waals surface area contributed by atoms with E-state index in [2.05, 4.69) is 10.2 Å². The Bertz CT molecular complexity index is 374. The first kappa shape index (κ1) is 10.2. The zero-order valence-electron chi connectivity index (χ0n) is 7.98. The maximum absolute atomic E-state index is 10.9. The molecule has 0 atom stereocenters. The molecule has 1 heterocycles. The standard InChI is InChI=1S/C7H13N3O2S/c1-6-8-9-7(2)10(6)4-5-13(3,11)12/h4-5H2,1-3H3. The molecular weight excluding hydrogens is 190 g/mol. The number of hydrogen-bond acceptors (Lipinski definition) is 4. The molecule has 0 aromatic carbocycles. The van der Waals surface area contributed by atoms with Crippen LogP contribution in [0.15, 0.2) is 0 Å². The lowest BCUT2D eigenvalue weighted by molar-refractivity contribution is 0.592. The number of aryl methyl sites for hydroxylation is 2. The Hall–Kier alpha value is -0.910. The van der Waals surface area contributed by atoms with E-state index in [1.807, 2.05) is 13.8 Å². The highest BCUT2D eigenvalue weighted by atomic mass is 32.2. The second-order valence-electron chi connectivity index (χ2n) is 3.08. The maximum atomic E-state index is 10.9. The highest BCUT2D eigenvalue weighted by molar-refractivity contribution is 7.90. The van der Waals surface area contributed by atoms with Gasteiger partial charge in [0.05, 0.1) is 5.75 Å². The minimum absolute atomic E-state index is 0.132. The molecule has 0 saturated carbocycles. The molecule has 13 heavy (non-hydrogen) atoms. The summed E-state index contributed by atoms with van der Waals surface area (Å²) in [6.45, 7) is 4.05. The van der Waals surface area contributed by atoms with Crippen LogP contribution >= 0.6 is 0 Å². The van der Waals surface area contributed by atoms with Crippen LogP contribution in [-0.2, 0) is 16.4 Å². The molecule has 0 unspecified atom stereocenters. The zero-order valence-corrected chi connectivity index (χ0v) is 8.80. The van der Waals surface area contributed by atoms with Crippen molar-refractivity contribution in [2.45, 2.75) is 20.4 Å². The molecule has 74 valence electrons. The molecule has 1 aromatic heterocycles. The first-order chi connectivity index (χ1) is 5.90. The molecule has 5 nitrogen and oxygen atoms in total. The minimum Gasteiger partial charge on any atom is -0.314 e. The van der Waals surface area contributed by atoms with Crippen LogP contribution in [0.2, 0.25) is 0 Å². The molecule has 6 heteroatoms. The Morgan fingerprint density at radius 2 is 1.69 bits per heavy atom. The van der Waals surface area contributed by atoms with Crippen LogP contribution in [0.1, 0.15) is 11.6 Å². The smallest absolute Gasteiger partial charge is 0.149 e. The molecule has 0 amide bonds. The highest BCUT2D eigenvalue weighted by Gasteiger charge is 2.07. The van der Waals surface area contributed by atoms with Crippen molar-refractivity contribution in [2.75, 3.05) is 12.0 Å². The fourth-order valence-corrected chi connectivity index (χ4v) is 1.58. The molecule has 0 radical (unpaired) electrons. The first-order valence-electron chi connectivity index (χ1n) is 3.94. The number of rotatable bonds is 3. The van der Waals surface area contributed by atoms with Gasteiger partial charge in [-0.3, -0.25) is 0 Å². The van der Waals surface area contributed by atoms with Crippen molar-refractivity contribution in [1.29, 1.82) is 0 Å². The van der Waals surface area contributed by atoms with E-state index in [-0.39, 0.29) is 5.75 Å². The average molecular weight is 203 g/mol. The third-order valence-corrected chi connectivity index (χ3v) is 2.73. The largest absolute Gasteiger partial charge is 0.314 e. The number of sulfone groups is 1. The van der Waals surface area contributed by atoms with Gasteiger partial charge in [-0.25, -0.2) is 8.42 Å². The molecule has 0 aliphatic heterocycles. The van der Waals surface area contributed by atoms with Crippen molar-refractivity contribution in [2.24, 2.45) is 0 Å². The summed E-state index contributed by atoms with van der Waals surface area (Å²) >= 11 is 0. The molecule has 0 aliphatic carbocycles. The lowest BCUT2D eigenvalue weighted by atomic mass is 10.5. The van der Waals surface area contributed by atoms with Gasteiger partial charge in [0.25, 0.3) is 0 Å². The predicted molar refractivity (Wildman–Crippen MR) is 49.2 cm³/mol. The average Bonchev–Trinajstić information content (AvgIpc) is 2.27. The van der Waals surface area contributed by atoms with Gasteiger partial charge < -0.3 is 4.57 Å². The summed E-state index contributed by atoms with van der Waals surface area (Å²) in [5.74, 6) is 1.63. The van der Waals surface area contributed by atoms with Gasteiger partial charge in [-0.1, -0.05) is 0 Å². The Labute approximate surface area is 77.7 Å². The van der Waals surface area contributed by atoms with E-state index >= 15 is 0 Å². The minimum atomic E-state index is -2.91. The van der Waals surface area contributed by atoms with Gasteiger partial charge in [-0.05, 0) is 13.8 Å². The highest BCUT2D eigenvalue weighted by Crippen LogP contribution is 1.99. The Balaban J connectivity index is 2.75. The van der Waals surface area contributed by atoms with Gasteiger partial charge in [-0.2, -0.15) is 0 Å². The zero-order chi connectivity index (χ0) is 10.1. The van der Waals surface area contributed by atoms with Crippen LogP contribution in [0.25, 0.3) is 0 Å². The topological polar surface area (TPSA) is 64.8 Å². The molecule has 0 bridgehead atoms. The SMILES string of the molecule is Cc1nnc(C)n1CCS(C)(=O)=O. The van der Waals surface area contributed by atoms with Crippen molar-refractivity contribution in [3.05, 3.63) is 11.6 Å². The van der Waals surface area contributed by atoms with Crippen molar-refractivity contribution < 1.29 is 8.42 Å². The predicted octanol–water partition coefficient (Wildman–Crippen LogP) is -0.0605. The Morgan fingerprint density at radius 1 is 1.23 bits per heavy atom. The molecule has 1 aromatic rings. The van der Waals surface area contributed by atoms with Crippen LogP contribution in [0.3, 0.4) is 0 Å². The lowest BCUT2D eigenvalue weighted by Crippen LogP contribution is -2.13. The van der Waals surface area contributed by atoms with Gasteiger partial charge in [0.2, 0.25) is 0 Å². The fraction of sp³-hybridized carbons (Fsp3) is 0.714. The third-order valence-electron chi connectivity index (χ3n) is 1.81. The normalized spacial score (nSPS) is 11.9. The van der Waals surface area contributed by atoms with Crippen LogP contribution in [-0.4, -0.2) is 35.2 Å². The summed E-state index contributed by atoms with van der Waals surface area (Å²) in [5, 5.41) is 7.67. The first-order valence-corrected chi connectivity index (χ1v) is 6.00. The van der Waals surface area contributed by atoms with E-state index in [9.17, 15) is 8.42 Å². The quantitative estimate of drug-likeness (QED) is 0.690. The van der Waals surface area contributed by atoms with Crippen LogP contribution in [0.5, 0.6) is 0 Å². The maximum Gasteiger partial charge on any atom is 0.149 e. The molecule has 0 fully saturated rings. The number of aromatic nitrogens is 3. The van der Waals surface area contributed by atoms with E-state index < -0.39 is 9.84 Å².